The third-order valence-corrected chi connectivity index (χ3v) is 3.22. The summed E-state index contributed by atoms with van der Waals surface area (Å²) in [7, 11) is 0. The number of hydrogen-bond acceptors (Lipinski definition) is 3. The van der Waals surface area contributed by atoms with Gasteiger partial charge in [0.25, 0.3) is 0 Å². The Bertz CT molecular complexity index is 539. The molecular formula is C16H21NO2. The van der Waals surface area contributed by atoms with Crippen LogP contribution in [0.2, 0.25) is 0 Å². The fourth-order valence-electron chi connectivity index (χ4n) is 2.33. The van der Waals surface area contributed by atoms with Gasteiger partial charge >= 0.3 is 0 Å². The van der Waals surface area contributed by atoms with Crippen LogP contribution in [0.5, 0.6) is 5.75 Å². The highest BCUT2D eigenvalue weighted by molar-refractivity contribution is 5.89. The molecule has 2 aromatic carbocycles. The summed E-state index contributed by atoms with van der Waals surface area (Å²) in [5, 5.41) is 14.6. The normalized spacial score (nSPS) is 12.6. The van der Waals surface area contributed by atoms with Crippen molar-refractivity contribution in [1.82, 2.24) is 5.32 Å². The molecule has 19 heavy (non-hydrogen) atoms. The molecule has 3 heteroatoms. The first-order valence-corrected chi connectivity index (χ1v) is 6.76. The Hall–Kier alpha value is -1.58. The first kappa shape index (κ1) is 13.8. The van der Waals surface area contributed by atoms with Gasteiger partial charge < -0.3 is 15.2 Å². The molecule has 2 aromatic rings. The van der Waals surface area contributed by atoms with Crippen molar-refractivity contribution in [3.8, 4) is 5.75 Å². The van der Waals surface area contributed by atoms with Gasteiger partial charge in [0.05, 0.1) is 6.61 Å². The maximum absolute atomic E-state index is 8.99. The van der Waals surface area contributed by atoms with E-state index >= 15 is 0 Å². The summed E-state index contributed by atoms with van der Waals surface area (Å²) in [6.07, 6.45) is 0. The van der Waals surface area contributed by atoms with Crippen LogP contribution >= 0.6 is 0 Å². The number of nitrogens with one attached hydrogen (secondary N) is 1. The van der Waals surface area contributed by atoms with Crippen molar-refractivity contribution >= 4 is 10.8 Å². The average Bonchev–Trinajstić information content (AvgIpc) is 2.44. The quantitative estimate of drug-likeness (QED) is 0.838. The van der Waals surface area contributed by atoms with Crippen molar-refractivity contribution in [2.24, 2.45) is 0 Å². The second kappa shape index (κ2) is 6.55. The van der Waals surface area contributed by atoms with Gasteiger partial charge in [0.2, 0.25) is 0 Å². The summed E-state index contributed by atoms with van der Waals surface area (Å²) >= 11 is 0. The Morgan fingerprint density at radius 1 is 1.21 bits per heavy atom. The Morgan fingerprint density at radius 3 is 2.74 bits per heavy atom. The fourth-order valence-corrected chi connectivity index (χ4v) is 2.33. The van der Waals surface area contributed by atoms with E-state index in [2.05, 4.69) is 43.4 Å². The van der Waals surface area contributed by atoms with E-state index < -0.39 is 0 Å². The second-order valence-electron chi connectivity index (χ2n) is 4.56. The highest BCUT2D eigenvalue weighted by Crippen LogP contribution is 2.33. The molecule has 0 saturated heterocycles. The maximum Gasteiger partial charge on any atom is 0.132 e. The molecule has 3 nitrogen and oxygen atoms in total. The van der Waals surface area contributed by atoms with Crippen LogP contribution in [0.25, 0.3) is 10.8 Å². The number of aliphatic hydroxyl groups is 1. The van der Waals surface area contributed by atoms with Gasteiger partial charge in [-0.2, -0.15) is 0 Å². The van der Waals surface area contributed by atoms with Crippen LogP contribution in [0.3, 0.4) is 0 Å². The summed E-state index contributed by atoms with van der Waals surface area (Å²) in [5.41, 5.74) is 1.13. The predicted molar refractivity (Wildman–Crippen MR) is 78.6 cm³/mol. The van der Waals surface area contributed by atoms with Gasteiger partial charge in [-0.05, 0) is 18.9 Å². The largest absolute Gasteiger partial charge is 0.490 e. The molecule has 102 valence electrons. The molecule has 0 fully saturated rings. The van der Waals surface area contributed by atoms with E-state index in [1.54, 1.807) is 0 Å². The van der Waals surface area contributed by atoms with Gasteiger partial charge in [-0.3, -0.25) is 0 Å². The lowest BCUT2D eigenvalue weighted by Gasteiger charge is -2.19. The monoisotopic (exact) mass is 259 g/mol. The number of rotatable bonds is 6. The Balaban J connectivity index is 2.49. The van der Waals surface area contributed by atoms with E-state index in [-0.39, 0.29) is 12.6 Å². The molecule has 0 aliphatic carbocycles. The molecule has 2 rings (SSSR count). The standard InChI is InChI=1S/C16H21NO2/c1-3-17-12(2)14-9-8-13-6-4-5-7-15(13)16(14)19-11-10-18/h4-9,12,17-18H,3,10-11H2,1-2H3. The van der Waals surface area contributed by atoms with E-state index in [1.165, 1.54) is 0 Å². The lowest BCUT2D eigenvalue weighted by molar-refractivity contribution is 0.201. The number of hydrogen-bond donors (Lipinski definition) is 2. The highest BCUT2D eigenvalue weighted by Gasteiger charge is 2.13. The zero-order valence-electron chi connectivity index (χ0n) is 11.5. The molecule has 0 amide bonds. The van der Waals surface area contributed by atoms with E-state index in [4.69, 9.17) is 9.84 Å². The molecule has 1 unspecified atom stereocenters. The minimum atomic E-state index is 0.0260. The lowest BCUT2D eigenvalue weighted by Crippen LogP contribution is -2.19. The first-order chi connectivity index (χ1) is 9.27. The van der Waals surface area contributed by atoms with Gasteiger partial charge in [0, 0.05) is 17.0 Å². The SMILES string of the molecule is CCNC(C)c1ccc2ccccc2c1OCCO. The summed E-state index contributed by atoms with van der Waals surface area (Å²) in [6, 6.07) is 12.6. The highest BCUT2D eigenvalue weighted by atomic mass is 16.5. The van der Waals surface area contributed by atoms with Gasteiger partial charge in [-0.15, -0.1) is 0 Å². The molecule has 1 atom stereocenters. The smallest absolute Gasteiger partial charge is 0.132 e. The lowest BCUT2D eigenvalue weighted by atomic mass is 10.0. The molecule has 2 N–H and O–H groups in total. The maximum atomic E-state index is 8.99. The second-order valence-corrected chi connectivity index (χ2v) is 4.56. The number of aliphatic hydroxyl groups excluding tert-OH is 1. The summed E-state index contributed by atoms with van der Waals surface area (Å²) in [6.45, 7) is 5.47. The Kier molecular flexibility index (Phi) is 4.77. The molecule has 0 heterocycles. The first-order valence-electron chi connectivity index (χ1n) is 6.76. The van der Waals surface area contributed by atoms with E-state index in [0.29, 0.717) is 6.61 Å². The van der Waals surface area contributed by atoms with Crippen LogP contribution in [0.1, 0.15) is 25.5 Å². The van der Waals surface area contributed by atoms with Crippen LogP contribution in [-0.2, 0) is 0 Å². The van der Waals surface area contributed by atoms with Crippen molar-refractivity contribution in [2.75, 3.05) is 19.8 Å². The van der Waals surface area contributed by atoms with Gasteiger partial charge in [-0.25, -0.2) is 0 Å². The van der Waals surface area contributed by atoms with Crippen LogP contribution < -0.4 is 10.1 Å². The van der Waals surface area contributed by atoms with Gasteiger partial charge in [-0.1, -0.05) is 43.3 Å². The van der Waals surface area contributed by atoms with Crippen LogP contribution in [-0.4, -0.2) is 24.9 Å². The summed E-state index contributed by atoms with van der Waals surface area (Å²) in [4.78, 5) is 0. The average molecular weight is 259 g/mol. The Morgan fingerprint density at radius 2 is 2.00 bits per heavy atom. The number of ether oxygens (including phenoxy) is 1. The summed E-state index contributed by atoms with van der Waals surface area (Å²) in [5.74, 6) is 0.876. The van der Waals surface area contributed by atoms with Crippen molar-refractivity contribution in [3.05, 3.63) is 42.0 Å². The van der Waals surface area contributed by atoms with Crippen LogP contribution in [0.4, 0.5) is 0 Å². The summed E-state index contributed by atoms with van der Waals surface area (Å²) < 4.78 is 5.78. The third kappa shape index (κ3) is 3.06. The van der Waals surface area contributed by atoms with Crippen LogP contribution in [0, 0.1) is 0 Å². The molecule has 0 radical (unpaired) electrons. The molecule has 0 bridgehead atoms. The predicted octanol–water partition coefficient (Wildman–Crippen LogP) is 2.88. The molecule has 0 aromatic heterocycles. The van der Waals surface area contributed by atoms with Crippen molar-refractivity contribution in [3.63, 3.8) is 0 Å². The fraction of sp³-hybridized carbons (Fsp3) is 0.375. The number of fused-ring (bicyclic) bond motifs is 1. The van der Waals surface area contributed by atoms with Crippen molar-refractivity contribution < 1.29 is 9.84 Å². The molecule has 0 aliphatic rings. The molecule has 0 aliphatic heterocycles. The van der Waals surface area contributed by atoms with Gasteiger partial charge in [0.15, 0.2) is 0 Å². The Labute approximate surface area is 114 Å². The van der Waals surface area contributed by atoms with E-state index in [0.717, 1.165) is 28.6 Å². The van der Waals surface area contributed by atoms with E-state index in [1.807, 2.05) is 12.1 Å². The van der Waals surface area contributed by atoms with Crippen LogP contribution in [0.15, 0.2) is 36.4 Å². The molecule has 0 spiro atoms. The van der Waals surface area contributed by atoms with Crippen molar-refractivity contribution in [2.45, 2.75) is 19.9 Å². The minimum absolute atomic E-state index is 0.0260. The van der Waals surface area contributed by atoms with Crippen molar-refractivity contribution in [1.29, 1.82) is 0 Å². The zero-order valence-corrected chi connectivity index (χ0v) is 11.5. The topological polar surface area (TPSA) is 41.5 Å². The third-order valence-electron chi connectivity index (χ3n) is 3.22. The minimum Gasteiger partial charge on any atom is -0.490 e. The molecular weight excluding hydrogens is 238 g/mol. The zero-order chi connectivity index (χ0) is 13.7. The van der Waals surface area contributed by atoms with Gasteiger partial charge in [0.1, 0.15) is 12.4 Å². The number of benzene rings is 2. The van der Waals surface area contributed by atoms with E-state index in [9.17, 15) is 0 Å². The molecule has 0 saturated carbocycles.